The number of carbonyl (C=O) groups is 1. The number of nitrogens with zero attached hydrogens (tertiary/aromatic N) is 3. The van der Waals surface area contributed by atoms with Gasteiger partial charge in [0.15, 0.2) is 5.82 Å². The quantitative estimate of drug-likeness (QED) is 0.843. The van der Waals surface area contributed by atoms with Crippen molar-refractivity contribution in [1.82, 2.24) is 15.0 Å². The van der Waals surface area contributed by atoms with E-state index in [-0.39, 0.29) is 0 Å². The Morgan fingerprint density at radius 3 is 2.62 bits per heavy atom. The Bertz CT molecular complexity index is 592. The van der Waals surface area contributed by atoms with Crippen molar-refractivity contribution < 1.29 is 14.4 Å². The van der Waals surface area contributed by atoms with Crippen molar-refractivity contribution in [3.05, 3.63) is 47.1 Å². The van der Waals surface area contributed by atoms with Gasteiger partial charge in [-0.05, 0) is 31.2 Å². The summed E-state index contributed by atoms with van der Waals surface area (Å²) in [5, 5.41) is 12.8. The molecule has 0 bridgehead atoms. The smallest absolute Gasteiger partial charge is 0.335 e. The monoisotopic (exact) mass is 289 g/mol. The van der Waals surface area contributed by atoms with Crippen LogP contribution in [0.3, 0.4) is 0 Å². The molecule has 21 heavy (non-hydrogen) atoms. The molecule has 0 amide bonds. The first-order chi connectivity index (χ1) is 10.1. The Hall–Kier alpha value is -2.21. The third kappa shape index (κ3) is 4.39. The number of aromatic carboxylic acids is 1. The van der Waals surface area contributed by atoms with E-state index in [9.17, 15) is 4.79 Å². The van der Waals surface area contributed by atoms with Gasteiger partial charge in [0.2, 0.25) is 5.89 Å². The van der Waals surface area contributed by atoms with Crippen LogP contribution in [0.15, 0.2) is 28.8 Å². The first kappa shape index (κ1) is 15.2. The van der Waals surface area contributed by atoms with Crippen LogP contribution in [0.25, 0.3) is 0 Å². The maximum atomic E-state index is 10.8. The molecular formula is C15H19N3O3. The molecule has 2 aromatic rings. The van der Waals surface area contributed by atoms with Gasteiger partial charge in [-0.1, -0.05) is 24.2 Å². The first-order valence-electron chi connectivity index (χ1n) is 6.90. The lowest BCUT2D eigenvalue weighted by Gasteiger charge is -2.14. The van der Waals surface area contributed by atoms with Crippen LogP contribution in [0.2, 0.25) is 0 Å². The highest BCUT2D eigenvalue weighted by Crippen LogP contribution is 2.09. The Labute approximate surface area is 123 Å². The predicted molar refractivity (Wildman–Crippen MR) is 76.9 cm³/mol. The summed E-state index contributed by atoms with van der Waals surface area (Å²) < 4.78 is 5.20. The van der Waals surface area contributed by atoms with E-state index >= 15 is 0 Å². The second kappa shape index (κ2) is 6.99. The van der Waals surface area contributed by atoms with Gasteiger partial charge < -0.3 is 9.63 Å². The molecule has 0 fully saturated rings. The van der Waals surface area contributed by atoms with Crippen molar-refractivity contribution in [2.75, 3.05) is 7.05 Å². The van der Waals surface area contributed by atoms with Gasteiger partial charge in [-0.25, -0.2) is 4.79 Å². The van der Waals surface area contributed by atoms with Crippen LogP contribution < -0.4 is 0 Å². The zero-order chi connectivity index (χ0) is 15.2. The van der Waals surface area contributed by atoms with Crippen molar-refractivity contribution in [2.45, 2.75) is 32.9 Å². The normalized spacial score (nSPS) is 11.0. The Morgan fingerprint density at radius 2 is 2.00 bits per heavy atom. The third-order valence-electron chi connectivity index (χ3n) is 3.04. The standard InChI is InChI=1S/C15H19N3O3/c1-3-4-13-16-14(21-17-13)10-18(2)9-11-5-7-12(8-6-11)15(19)20/h5-8H,3-4,9-10H2,1-2H3,(H,19,20). The Balaban J connectivity index is 1.91. The van der Waals surface area contributed by atoms with Gasteiger partial charge in [0.1, 0.15) is 0 Å². The molecule has 1 aromatic carbocycles. The zero-order valence-corrected chi connectivity index (χ0v) is 12.2. The minimum atomic E-state index is -0.913. The molecule has 0 aliphatic rings. The van der Waals surface area contributed by atoms with Crippen LogP contribution in [0, 0.1) is 0 Å². The third-order valence-corrected chi connectivity index (χ3v) is 3.04. The van der Waals surface area contributed by atoms with Gasteiger partial charge in [-0.15, -0.1) is 0 Å². The molecule has 2 rings (SSSR count). The van der Waals surface area contributed by atoms with Crippen molar-refractivity contribution in [3.63, 3.8) is 0 Å². The fraction of sp³-hybridized carbons (Fsp3) is 0.400. The lowest BCUT2D eigenvalue weighted by molar-refractivity contribution is 0.0697. The van der Waals surface area contributed by atoms with Crippen LogP contribution in [-0.2, 0) is 19.5 Å². The molecule has 0 aliphatic carbocycles. The SMILES string of the molecule is CCCc1noc(CN(C)Cc2ccc(C(=O)O)cc2)n1. The average Bonchev–Trinajstić information content (AvgIpc) is 2.87. The molecule has 0 unspecified atom stereocenters. The molecule has 1 aromatic heterocycles. The lowest BCUT2D eigenvalue weighted by atomic mass is 10.1. The Kier molecular flexibility index (Phi) is 5.05. The highest BCUT2D eigenvalue weighted by molar-refractivity contribution is 5.87. The Morgan fingerprint density at radius 1 is 1.29 bits per heavy atom. The van der Waals surface area contributed by atoms with Crippen LogP contribution in [-0.4, -0.2) is 33.2 Å². The van der Waals surface area contributed by atoms with Gasteiger partial charge in [0.05, 0.1) is 12.1 Å². The van der Waals surface area contributed by atoms with Gasteiger partial charge in [0.25, 0.3) is 0 Å². The van der Waals surface area contributed by atoms with E-state index < -0.39 is 5.97 Å². The van der Waals surface area contributed by atoms with Gasteiger partial charge in [-0.3, -0.25) is 4.90 Å². The van der Waals surface area contributed by atoms with Crippen molar-refractivity contribution in [3.8, 4) is 0 Å². The second-order valence-electron chi connectivity index (χ2n) is 5.03. The van der Waals surface area contributed by atoms with E-state index in [0.29, 0.717) is 24.5 Å². The van der Waals surface area contributed by atoms with Crippen LogP contribution in [0.1, 0.15) is 41.0 Å². The lowest BCUT2D eigenvalue weighted by Crippen LogP contribution is -2.17. The first-order valence-corrected chi connectivity index (χ1v) is 6.90. The molecule has 6 nitrogen and oxygen atoms in total. The molecule has 1 heterocycles. The zero-order valence-electron chi connectivity index (χ0n) is 12.2. The molecule has 6 heteroatoms. The van der Waals surface area contributed by atoms with E-state index in [1.54, 1.807) is 12.1 Å². The number of benzene rings is 1. The summed E-state index contributed by atoms with van der Waals surface area (Å²) in [7, 11) is 1.95. The van der Waals surface area contributed by atoms with Gasteiger partial charge in [0, 0.05) is 13.0 Å². The molecule has 0 saturated heterocycles. The number of rotatable bonds is 7. The van der Waals surface area contributed by atoms with Crippen LogP contribution in [0.4, 0.5) is 0 Å². The number of hydrogen-bond acceptors (Lipinski definition) is 5. The summed E-state index contributed by atoms with van der Waals surface area (Å²) in [6, 6.07) is 6.85. The van der Waals surface area contributed by atoms with Gasteiger partial charge >= 0.3 is 5.97 Å². The number of carboxylic acids is 1. The summed E-state index contributed by atoms with van der Waals surface area (Å²) in [5.41, 5.74) is 1.33. The van der Waals surface area contributed by atoms with E-state index in [4.69, 9.17) is 9.63 Å². The number of hydrogen-bond donors (Lipinski definition) is 1. The molecule has 0 saturated carbocycles. The minimum absolute atomic E-state index is 0.294. The fourth-order valence-electron chi connectivity index (χ4n) is 2.03. The van der Waals surface area contributed by atoms with Crippen molar-refractivity contribution in [2.24, 2.45) is 0 Å². The minimum Gasteiger partial charge on any atom is -0.478 e. The number of aryl methyl sites for hydroxylation is 1. The van der Waals surface area contributed by atoms with E-state index in [1.807, 2.05) is 24.1 Å². The maximum absolute atomic E-state index is 10.8. The largest absolute Gasteiger partial charge is 0.478 e. The molecule has 0 spiro atoms. The summed E-state index contributed by atoms with van der Waals surface area (Å²) in [5.74, 6) is 0.430. The fourth-order valence-corrected chi connectivity index (χ4v) is 2.03. The van der Waals surface area contributed by atoms with Crippen LogP contribution in [0.5, 0.6) is 0 Å². The molecule has 0 aliphatic heterocycles. The molecule has 112 valence electrons. The summed E-state index contributed by atoms with van der Waals surface area (Å²) >= 11 is 0. The number of aromatic nitrogens is 2. The van der Waals surface area contributed by atoms with Gasteiger partial charge in [-0.2, -0.15) is 4.98 Å². The molecule has 0 radical (unpaired) electrons. The number of carboxylic acid groups (broad SMARTS) is 1. The second-order valence-corrected chi connectivity index (χ2v) is 5.03. The van der Waals surface area contributed by atoms with E-state index in [2.05, 4.69) is 17.1 Å². The summed E-state index contributed by atoms with van der Waals surface area (Å²) in [6.45, 7) is 3.33. The highest BCUT2D eigenvalue weighted by Gasteiger charge is 2.09. The molecule has 0 atom stereocenters. The summed E-state index contributed by atoms with van der Waals surface area (Å²) in [4.78, 5) is 17.2. The molecule has 1 N–H and O–H groups in total. The topological polar surface area (TPSA) is 79.5 Å². The average molecular weight is 289 g/mol. The summed E-state index contributed by atoms with van der Waals surface area (Å²) in [6.07, 6.45) is 1.81. The predicted octanol–water partition coefficient (Wildman–Crippen LogP) is 2.35. The van der Waals surface area contributed by atoms with E-state index in [0.717, 1.165) is 24.2 Å². The highest BCUT2D eigenvalue weighted by atomic mass is 16.5. The van der Waals surface area contributed by atoms with E-state index in [1.165, 1.54) is 0 Å². The molecular weight excluding hydrogens is 270 g/mol. The maximum Gasteiger partial charge on any atom is 0.335 e. The van der Waals surface area contributed by atoms with Crippen LogP contribution >= 0.6 is 0 Å². The van der Waals surface area contributed by atoms with Crippen molar-refractivity contribution >= 4 is 5.97 Å². The van der Waals surface area contributed by atoms with Crippen molar-refractivity contribution in [1.29, 1.82) is 0 Å².